The third kappa shape index (κ3) is 3.55. The van der Waals surface area contributed by atoms with Crippen LogP contribution >= 0.6 is 0 Å². The van der Waals surface area contributed by atoms with Gasteiger partial charge in [-0.05, 0) is 43.7 Å². The molecule has 6 nitrogen and oxygen atoms in total. The van der Waals surface area contributed by atoms with Gasteiger partial charge < -0.3 is 10.1 Å². The fourth-order valence-corrected chi connectivity index (χ4v) is 2.58. The van der Waals surface area contributed by atoms with Crippen molar-refractivity contribution >= 4 is 21.4 Å². The van der Waals surface area contributed by atoms with E-state index >= 15 is 0 Å². The molecule has 0 amide bonds. The molecule has 2 aromatic rings. The number of pyridine rings is 1. The first-order valence-electron chi connectivity index (χ1n) is 6.79. The minimum Gasteiger partial charge on any atom is -0.481 e. The molecule has 22 heavy (non-hydrogen) atoms. The molecule has 0 aliphatic heterocycles. The van der Waals surface area contributed by atoms with E-state index in [0.717, 1.165) is 29.1 Å². The zero-order valence-electron chi connectivity index (χ0n) is 12.8. The van der Waals surface area contributed by atoms with E-state index < -0.39 is 10.0 Å². The predicted molar refractivity (Wildman–Crippen MR) is 86.0 cm³/mol. The van der Waals surface area contributed by atoms with Gasteiger partial charge in [0.05, 0.1) is 23.4 Å². The lowest BCUT2D eigenvalue weighted by Gasteiger charge is -2.13. The number of hydrogen-bond acceptors (Lipinski definition) is 5. The summed E-state index contributed by atoms with van der Waals surface area (Å²) in [6.45, 7) is 3.91. The maximum atomic E-state index is 11.2. The number of nitrogens with one attached hydrogen (secondary N) is 1. The van der Waals surface area contributed by atoms with Crippen LogP contribution in [0.3, 0.4) is 0 Å². The Labute approximate surface area is 130 Å². The SMILES string of the molecule is CCc1cc(Nc2ccc(S(N)(=O)=O)cc2)c(C)nc1OC. The molecule has 3 N–H and O–H groups in total. The van der Waals surface area contributed by atoms with E-state index in [1.807, 2.05) is 19.9 Å². The number of nitrogens with two attached hydrogens (primary N) is 1. The molecule has 0 spiro atoms. The second kappa shape index (κ2) is 6.33. The molecule has 1 heterocycles. The van der Waals surface area contributed by atoms with Crippen molar-refractivity contribution in [2.45, 2.75) is 25.2 Å². The first-order chi connectivity index (χ1) is 10.3. The van der Waals surface area contributed by atoms with E-state index in [1.54, 1.807) is 19.2 Å². The molecule has 0 saturated heterocycles. The van der Waals surface area contributed by atoms with E-state index in [0.29, 0.717) is 5.88 Å². The minimum atomic E-state index is -3.68. The number of methoxy groups -OCH3 is 1. The highest BCUT2D eigenvalue weighted by molar-refractivity contribution is 7.89. The highest BCUT2D eigenvalue weighted by Gasteiger charge is 2.10. The summed E-state index contributed by atoms with van der Waals surface area (Å²) in [5.74, 6) is 0.620. The molecule has 1 aromatic heterocycles. The van der Waals surface area contributed by atoms with Gasteiger partial charge in [0, 0.05) is 11.3 Å². The molecule has 0 saturated carbocycles. The van der Waals surface area contributed by atoms with Gasteiger partial charge in [0.15, 0.2) is 0 Å². The van der Waals surface area contributed by atoms with Gasteiger partial charge in [0.1, 0.15) is 0 Å². The Kier molecular flexibility index (Phi) is 4.68. The number of benzene rings is 1. The van der Waals surface area contributed by atoms with Crippen LogP contribution in [0.1, 0.15) is 18.2 Å². The second-order valence-electron chi connectivity index (χ2n) is 4.84. The third-order valence-corrected chi connectivity index (χ3v) is 4.22. The fraction of sp³-hybridized carbons (Fsp3) is 0.267. The molecular formula is C15H19N3O3S. The van der Waals surface area contributed by atoms with Crippen molar-refractivity contribution in [3.8, 4) is 5.88 Å². The molecular weight excluding hydrogens is 302 g/mol. The van der Waals surface area contributed by atoms with Gasteiger partial charge in [-0.2, -0.15) is 0 Å². The number of ether oxygens (including phenoxy) is 1. The van der Waals surface area contributed by atoms with Crippen LogP contribution in [0, 0.1) is 6.92 Å². The molecule has 0 aliphatic rings. The number of sulfonamides is 1. The van der Waals surface area contributed by atoms with E-state index in [2.05, 4.69) is 10.3 Å². The van der Waals surface area contributed by atoms with Gasteiger partial charge in [-0.3, -0.25) is 0 Å². The standard InChI is InChI=1S/C15H19N3O3S/c1-4-11-9-14(10(2)17-15(11)21-3)18-12-5-7-13(8-6-12)22(16,19)20/h5-9,18H,4H2,1-3H3,(H2,16,19,20). The lowest BCUT2D eigenvalue weighted by Crippen LogP contribution is -2.11. The smallest absolute Gasteiger partial charge is 0.238 e. The number of aromatic nitrogens is 1. The number of anilines is 2. The van der Waals surface area contributed by atoms with Crippen LogP contribution < -0.4 is 15.2 Å². The van der Waals surface area contributed by atoms with Crippen LogP contribution in [0.2, 0.25) is 0 Å². The number of nitrogens with zero attached hydrogens (tertiary/aromatic N) is 1. The third-order valence-electron chi connectivity index (χ3n) is 3.29. The van der Waals surface area contributed by atoms with Crippen LogP contribution in [-0.2, 0) is 16.4 Å². The van der Waals surface area contributed by atoms with Gasteiger partial charge in [-0.1, -0.05) is 6.92 Å². The zero-order chi connectivity index (χ0) is 16.3. The molecule has 0 radical (unpaired) electrons. The van der Waals surface area contributed by atoms with Crippen molar-refractivity contribution in [3.63, 3.8) is 0 Å². The summed E-state index contributed by atoms with van der Waals surface area (Å²) in [6, 6.07) is 8.23. The van der Waals surface area contributed by atoms with Crippen molar-refractivity contribution in [1.29, 1.82) is 0 Å². The second-order valence-corrected chi connectivity index (χ2v) is 6.40. The molecule has 118 valence electrons. The van der Waals surface area contributed by atoms with E-state index in [4.69, 9.17) is 9.88 Å². The molecule has 0 aliphatic carbocycles. The Morgan fingerprint density at radius 2 is 1.91 bits per heavy atom. The van der Waals surface area contributed by atoms with Gasteiger partial charge in [0.25, 0.3) is 0 Å². The Balaban J connectivity index is 2.31. The van der Waals surface area contributed by atoms with Crippen molar-refractivity contribution in [3.05, 3.63) is 41.6 Å². The van der Waals surface area contributed by atoms with Crippen LogP contribution in [-0.4, -0.2) is 20.5 Å². The van der Waals surface area contributed by atoms with Gasteiger partial charge in [-0.25, -0.2) is 18.5 Å². The average Bonchev–Trinajstić information content (AvgIpc) is 2.48. The molecule has 0 bridgehead atoms. The topological polar surface area (TPSA) is 94.3 Å². The monoisotopic (exact) mass is 321 g/mol. The van der Waals surface area contributed by atoms with Gasteiger partial charge in [0.2, 0.25) is 15.9 Å². The number of rotatable bonds is 5. The number of primary sulfonamides is 1. The quantitative estimate of drug-likeness (QED) is 0.881. The summed E-state index contributed by atoms with van der Waals surface area (Å²) < 4.78 is 27.7. The van der Waals surface area contributed by atoms with Crippen molar-refractivity contribution in [2.75, 3.05) is 12.4 Å². The van der Waals surface area contributed by atoms with Gasteiger partial charge >= 0.3 is 0 Å². The van der Waals surface area contributed by atoms with Gasteiger partial charge in [-0.15, -0.1) is 0 Å². The maximum absolute atomic E-state index is 11.2. The van der Waals surface area contributed by atoms with Crippen LogP contribution in [0.25, 0.3) is 0 Å². The maximum Gasteiger partial charge on any atom is 0.238 e. The minimum absolute atomic E-state index is 0.0804. The molecule has 2 rings (SSSR count). The number of hydrogen-bond donors (Lipinski definition) is 2. The Hall–Kier alpha value is -2.12. The van der Waals surface area contributed by atoms with E-state index in [-0.39, 0.29) is 4.90 Å². The lowest BCUT2D eigenvalue weighted by molar-refractivity contribution is 0.392. The zero-order valence-corrected chi connectivity index (χ0v) is 13.6. The van der Waals surface area contributed by atoms with Crippen molar-refractivity contribution in [1.82, 2.24) is 4.98 Å². The molecule has 0 unspecified atom stereocenters. The van der Waals surface area contributed by atoms with Crippen LogP contribution in [0.15, 0.2) is 35.2 Å². The fourth-order valence-electron chi connectivity index (χ4n) is 2.06. The number of aryl methyl sites for hydroxylation is 2. The summed E-state index contributed by atoms with van der Waals surface area (Å²) in [5.41, 5.74) is 3.40. The normalized spacial score (nSPS) is 11.3. The first kappa shape index (κ1) is 16.3. The highest BCUT2D eigenvalue weighted by Crippen LogP contribution is 2.26. The summed E-state index contributed by atoms with van der Waals surface area (Å²) in [6.07, 6.45) is 0.801. The van der Waals surface area contributed by atoms with Crippen LogP contribution in [0.5, 0.6) is 5.88 Å². The first-order valence-corrected chi connectivity index (χ1v) is 8.34. The Bertz CT molecular complexity index is 771. The average molecular weight is 321 g/mol. The summed E-state index contributed by atoms with van der Waals surface area (Å²) in [5, 5.41) is 8.30. The van der Waals surface area contributed by atoms with E-state index in [9.17, 15) is 8.42 Å². The molecule has 7 heteroatoms. The summed E-state index contributed by atoms with van der Waals surface area (Å²) in [7, 11) is -2.08. The van der Waals surface area contributed by atoms with Crippen molar-refractivity contribution in [2.24, 2.45) is 5.14 Å². The summed E-state index contributed by atoms with van der Waals surface area (Å²) >= 11 is 0. The summed E-state index contributed by atoms with van der Waals surface area (Å²) in [4.78, 5) is 4.50. The van der Waals surface area contributed by atoms with Crippen LogP contribution in [0.4, 0.5) is 11.4 Å². The Morgan fingerprint density at radius 1 is 1.27 bits per heavy atom. The molecule has 1 aromatic carbocycles. The molecule has 0 atom stereocenters. The van der Waals surface area contributed by atoms with Crippen molar-refractivity contribution < 1.29 is 13.2 Å². The van der Waals surface area contributed by atoms with E-state index in [1.165, 1.54) is 12.1 Å². The highest BCUT2D eigenvalue weighted by atomic mass is 32.2. The molecule has 0 fully saturated rings. The Morgan fingerprint density at radius 3 is 2.41 bits per heavy atom. The predicted octanol–water partition coefficient (Wildman–Crippen LogP) is 2.35. The lowest BCUT2D eigenvalue weighted by atomic mass is 10.1. The largest absolute Gasteiger partial charge is 0.481 e.